The van der Waals surface area contributed by atoms with Crippen molar-refractivity contribution in [1.82, 2.24) is 9.78 Å². The summed E-state index contributed by atoms with van der Waals surface area (Å²) in [5, 5.41) is 4.06. The maximum absolute atomic E-state index is 11.6. The van der Waals surface area contributed by atoms with Gasteiger partial charge in [0.1, 0.15) is 5.78 Å². The molecule has 86 valence electrons. The van der Waals surface area contributed by atoms with E-state index < -0.39 is 11.4 Å². The lowest BCUT2D eigenvalue weighted by atomic mass is 9.97. The molecule has 16 heavy (non-hydrogen) atoms. The lowest BCUT2D eigenvalue weighted by molar-refractivity contribution is -0.119. The summed E-state index contributed by atoms with van der Waals surface area (Å²) in [5.41, 5.74) is 0.654. The molecular weight excluding hydrogens is 208 g/mol. The van der Waals surface area contributed by atoms with Gasteiger partial charge in [-0.05, 0) is 25.8 Å². The normalized spacial score (nSPS) is 16.9. The topological polar surface area (TPSA) is 61.2 Å². The number of ketones is 1. The highest BCUT2D eigenvalue weighted by atomic mass is 16.5. The Balaban J connectivity index is 2.40. The summed E-state index contributed by atoms with van der Waals surface area (Å²) in [6.07, 6.45) is 1.67. The average Bonchev–Trinajstić information content (AvgIpc) is 2.96. The van der Waals surface area contributed by atoms with Crippen molar-refractivity contribution >= 4 is 11.8 Å². The van der Waals surface area contributed by atoms with Gasteiger partial charge in [0.25, 0.3) is 0 Å². The van der Waals surface area contributed by atoms with E-state index in [1.807, 2.05) is 0 Å². The summed E-state index contributed by atoms with van der Waals surface area (Å²) in [5.74, 6) is -0.340. The number of carbonyl (C=O) groups is 2. The number of hydrogen-bond donors (Lipinski definition) is 0. The van der Waals surface area contributed by atoms with Crippen molar-refractivity contribution in [3.63, 3.8) is 0 Å². The number of esters is 1. The van der Waals surface area contributed by atoms with Crippen molar-refractivity contribution in [2.45, 2.75) is 25.2 Å². The molecule has 0 atom stereocenters. The van der Waals surface area contributed by atoms with Crippen LogP contribution in [0.4, 0.5) is 0 Å². The van der Waals surface area contributed by atoms with Gasteiger partial charge in [0, 0.05) is 7.05 Å². The highest BCUT2D eigenvalue weighted by Gasteiger charge is 2.51. The molecule has 1 aromatic rings. The number of Topliss-reactive ketones (excluding diaryl/α,β-unsaturated/α-hetero) is 1. The molecule has 0 amide bonds. The number of methoxy groups -OCH3 is 1. The largest absolute Gasteiger partial charge is 0.464 e. The van der Waals surface area contributed by atoms with Crippen molar-refractivity contribution in [3.8, 4) is 0 Å². The zero-order valence-corrected chi connectivity index (χ0v) is 9.61. The van der Waals surface area contributed by atoms with E-state index in [-0.39, 0.29) is 11.5 Å². The second kappa shape index (κ2) is 3.43. The number of carbonyl (C=O) groups excluding carboxylic acids is 2. The Morgan fingerprint density at radius 2 is 2.12 bits per heavy atom. The first kappa shape index (κ1) is 10.9. The number of aryl methyl sites for hydroxylation is 1. The molecule has 1 aliphatic rings. The molecule has 0 aromatic carbocycles. The smallest absolute Gasteiger partial charge is 0.358 e. The Morgan fingerprint density at radius 1 is 1.50 bits per heavy atom. The summed E-state index contributed by atoms with van der Waals surface area (Å²) in [6.45, 7) is 1.58. The van der Waals surface area contributed by atoms with Crippen LogP contribution in [0.5, 0.6) is 0 Å². The Kier molecular flexibility index (Phi) is 2.33. The second-order valence-corrected chi connectivity index (χ2v) is 4.17. The first-order chi connectivity index (χ1) is 7.51. The maximum atomic E-state index is 11.6. The minimum Gasteiger partial charge on any atom is -0.464 e. The summed E-state index contributed by atoms with van der Waals surface area (Å²) in [4.78, 5) is 22.9. The molecule has 1 aliphatic carbocycles. The molecule has 0 aliphatic heterocycles. The molecule has 0 N–H and O–H groups in total. The molecule has 1 heterocycles. The molecule has 1 fully saturated rings. The van der Waals surface area contributed by atoms with E-state index in [1.54, 1.807) is 24.7 Å². The van der Waals surface area contributed by atoms with E-state index in [9.17, 15) is 9.59 Å². The molecule has 0 radical (unpaired) electrons. The van der Waals surface area contributed by atoms with Crippen molar-refractivity contribution < 1.29 is 14.3 Å². The maximum Gasteiger partial charge on any atom is 0.358 e. The lowest BCUT2D eigenvalue weighted by Crippen LogP contribution is -2.20. The van der Waals surface area contributed by atoms with Crippen LogP contribution in [0.15, 0.2) is 6.07 Å². The van der Waals surface area contributed by atoms with Crippen LogP contribution in [-0.4, -0.2) is 28.6 Å². The van der Waals surface area contributed by atoms with Gasteiger partial charge in [0.05, 0.1) is 18.2 Å². The van der Waals surface area contributed by atoms with Crippen LogP contribution in [0.2, 0.25) is 0 Å². The van der Waals surface area contributed by atoms with Gasteiger partial charge >= 0.3 is 5.97 Å². The predicted octanol–water partition coefficient (Wildman–Crippen LogP) is 0.827. The van der Waals surface area contributed by atoms with Crippen molar-refractivity contribution in [1.29, 1.82) is 0 Å². The fourth-order valence-corrected chi connectivity index (χ4v) is 2.03. The zero-order valence-electron chi connectivity index (χ0n) is 9.61. The van der Waals surface area contributed by atoms with E-state index >= 15 is 0 Å². The molecule has 1 aromatic heterocycles. The third-order valence-corrected chi connectivity index (χ3v) is 3.19. The van der Waals surface area contributed by atoms with E-state index in [0.717, 1.165) is 18.5 Å². The number of rotatable bonds is 3. The van der Waals surface area contributed by atoms with Crippen LogP contribution in [0.25, 0.3) is 0 Å². The fourth-order valence-electron chi connectivity index (χ4n) is 2.03. The minimum atomic E-state index is -0.471. The monoisotopic (exact) mass is 222 g/mol. The van der Waals surface area contributed by atoms with E-state index in [0.29, 0.717) is 0 Å². The van der Waals surface area contributed by atoms with Gasteiger partial charge in [0.15, 0.2) is 5.69 Å². The van der Waals surface area contributed by atoms with Crippen LogP contribution in [-0.2, 0) is 22.0 Å². The van der Waals surface area contributed by atoms with Gasteiger partial charge in [-0.1, -0.05) is 0 Å². The second-order valence-electron chi connectivity index (χ2n) is 4.17. The standard InChI is InChI=1S/C11H14N2O3/c1-7(14)11(4-5-11)9-6-8(10(15)16-3)12-13(9)2/h6H,4-5H2,1-3H3. The third kappa shape index (κ3) is 1.43. The Hall–Kier alpha value is -1.65. The van der Waals surface area contributed by atoms with Crippen molar-refractivity contribution in [3.05, 3.63) is 17.5 Å². The quantitative estimate of drug-likeness (QED) is 0.710. The number of nitrogens with zero attached hydrogens (tertiary/aromatic N) is 2. The third-order valence-electron chi connectivity index (χ3n) is 3.19. The molecule has 2 rings (SSSR count). The predicted molar refractivity (Wildman–Crippen MR) is 56.1 cm³/mol. The van der Waals surface area contributed by atoms with Crippen LogP contribution in [0.3, 0.4) is 0 Å². The van der Waals surface area contributed by atoms with Gasteiger partial charge in [-0.2, -0.15) is 5.10 Å². The van der Waals surface area contributed by atoms with Gasteiger partial charge in [-0.25, -0.2) is 4.79 Å². The van der Waals surface area contributed by atoms with Crippen LogP contribution >= 0.6 is 0 Å². The summed E-state index contributed by atoms with van der Waals surface area (Å²) < 4.78 is 6.20. The Labute approximate surface area is 93.4 Å². The SMILES string of the molecule is COC(=O)c1cc(C2(C(C)=O)CC2)n(C)n1. The molecule has 0 spiro atoms. The highest BCUT2D eigenvalue weighted by Crippen LogP contribution is 2.48. The highest BCUT2D eigenvalue weighted by molar-refractivity contribution is 5.92. The molecule has 5 heteroatoms. The zero-order chi connectivity index (χ0) is 11.9. The van der Waals surface area contributed by atoms with E-state index in [1.165, 1.54) is 7.11 Å². The van der Waals surface area contributed by atoms with Gasteiger partial charge < -0.3 is 4.74 Å². The number of hydrogen-bond acceptors (Lipinski definition) is 4. The van der Waals surface area contributed by atoms with E-state index in [4.69, 9.17) is 0 Å². The Morgan fingerprint density at radius 3 is 2.56 bits per heavy atom. The van der Waals surface area contributed by atoms with Crippen molar-refractivity contribution in [2.24, 2.45) is 7.05 Å². The van der Waals surface area contributed by atoms with Crippen LogP contribution < -0.4 is 0 Å². The Bertz CT molecular complexity index is 458. The molecule has 0 bridgehead atoms. The number of ether oxygens (including phenoxy) is 1. The first-order valence-electron chi connectivity index (χ1n) is 5.15. The van der Waals surface area contributed by atoms with Gasteiger partial charge in [-0.15, -0.1) is 0 Å². The number of aromatic nitrogens is 2. The lowest BCUT2D eigenvalue weighted by Gasteiger charge is -2.10. The van der Waals surface area contributed by atoms with Crippen LogP contribution in [0, 0.1) is 0 Å². The first-order valence-corrected chi connectivity index (χ1v) is 5.15. The molecular formula is C11H14N2O3. The minimum absolute atomic E-state index is 0.131. The van der Waals surface area contributed by atoms with E-state index in [2.05, 4.69) is 9.84 Å². The van der Waals surface area contributed by atoms with Gasteiger partial charge in [0.2, 0.25) is 0 Å². The average molecular weight is 222 g/mol. The van der Waals surface area contributed by atoms with Gasteiger partial charge in [-0.3, -0.25) is 9.48 Å². The molecule has 0 unspecified atom stereocenters. The summed E-state index contributed by atoms with van der Waals surface area (Å²) >= 11 is 0. The van der Waals surface area contributed by atoms with Crippen molar-refractivity contribution in [2.75, 3.05) is 7.11 Å². The van der Waals surface area contributed by atoms with Crippen LogP contribution in [0.1, 0.15) is 35.9 Å². The molecule has 1 saturated carbocycles. The molecule has 0 saturated heterocycles. The summed E-state index contributed by atoms with van der Waals surface area (Å²) in [7, 11) is 3.05. The fraction of sp³-hybridized carbons (Fsp3) is 0.545. The molecule has 5 nitrogen and oxygen atoms in total. The summed E-state index contributed by atoms with van der Waals surface area (Å²) in [6, 6.07) is 1.65.